The first-order valence-electron chi connectivity index (χ1n) is 6.32. The summed E-state index contributed by atoms with van der Waals surface area (Å²) in [4.78, 5) is 20.5. The predicted molar refractivity (Wildman–Crippen MR) is 76.8 cm³/mol. The van der Waals surface area contributed by atoms with Crippen molar-refractivity contribution in [1.82, 2.24) is 0 Å². The molecule has 0 aromatic heterocycles. The van der Waals surface area contributed by atoms with Crippen LogP contribution in [0.15, 0.2) is 42.5 Å². The van der Waals surface area contributed by atoms with Gasteiger partial charge in [0.05, 0.1) is 19.8 Å². The maximum Gasteiger partial charge on any atom is 0.169 e. The van der Waals surface area contributed by atoms with E-state index in [4.69, 9.17) is 14.4 Å². The zero-order valence-corrected chi connectivity index (χ0v) is 11.9. The van der Waals surface area contributed by atoms with E-state index in [0.29, 0.717) is 23.7 Å². The first-order valence-corrected chi connectivity index (χ1v) is 6.32. The van der Waals surface area contributed by atoms with Gasteiger partial charge in [0.1, 0.15) is 18.1 Å². The average Bonchev–Trinajstić information content (AvgIpc) is 2.54. The lowest BCUT2D eigenvalue weighted by molar-refractivity contribution is -0.178. The molecule has 0 aliphatic heterocycles. The van der Waals surface area contributed by atoms with E-state index >= 15 is 0 Å². The van der Waals surface area contributed by atoms with Gasteiger partial charge in [-0.1, -0.05) is 12.1 Å². The lowest BCUT2D eigenvalue weighted by Gasteiger charge is -2.10. The van der Waals surface area contributed by atoms with Gasteiger partial charge in [-0.25, -0.2) is 0 Å². The van der Waals surface area contributed by atoms with E-state index in [1.165, 1.54) is 7.11 Å². The Morgan fingerprint density at radius 1 is 1.00 bits per heavy atom. The second-order valence-electron chi connectivity index (χ2n) is 4.20. The van der Waals surface area contributed by atoms with Gasteiger partial charge in [0.15, 0.2) is 12.0 Å². The van der Waals surface area contributed by atoms with Crippen LogP contribution < -0.4 is 14.4 Å². The molecule has 21 heavy (non-hydrogen) atoms. The minimum absolute atomic E-state index is 0.335. The summed E-state index contributed by atoms with van der Waals surface area (Å²) in [6, 6.07) is 12.4. The Morgan fingerprint density at radius 2 is 1.71 bits per heavy atom. The third kappa shape index (κ3) is 3.97. The third-order valence-electron chi connectivity index (χ3n) is 2.84. The highest BCUT2D eigenvalue weighted by Crippen LogP contribution is 2.25. The largest absolute Gasteiger partial charge is 0.497 e. The lowest BCUT2D eigenvalue weighted by atomic mass is 10.2. The number of rotatable bonds is 7. The molecule has 2 rings (SSSR count). The Morgan fingerprint density at radius 3 is 2.33 bits per heavy atom. The van der Waals surface area contributed by atoms with Crippen molar-refractivity contribution in [3.05, 3.63) is 53.6 Å². The van der Waals surface area contributed by atoms with Crippen molar-refractivity contribution in [3.63, 3.8) is 0 Å². The van der Waals surface area contributed by atoms with Crippen LogP contribution in [0.5, 0.6) is 17.2 Å². The van der Waals surface area contributed by atoms with E-state index in [0.717, 1.165) is 17.6 Å². The van der Waals surface area contributed by atoms with Crippen molar-refractivity contribution in [2.75, 3.05) is 14.2 Å². The Labute approximate surface area is 122 Å². The van der Waals surface area contributed by atoms with E-state index in [-0.39, 0.29) is 0 Å². The number of ether oxygens (including phenoxy) is 2. The summed E-state index contributed by atoms with van der Waals surface area (Å²) < 4.78 is 10.8. The summed E-state index contributed by atoms with van der Waals surface area (Å²) in [5, 5.41) is 0. The Bertz CT molecular complexity index is 592. The van der Waals surface area contributed by atoms with E-state index in [9.17, 15) is 4.79 Å². The van der Waals surface area contributed by atoms with Crippen molar-refractivity contribution in [3.8, 4) is 17.2 Å². The van der Waals surface area contributed by atoms with E-state index < -0.39 is 0 Å². The fourth-order valence-corrected chi connectivity index (χ4v) is 1.77. The number of aldehydes is 1. The molecule has 5 heteroatoms. The van der Waals surface area contributed by atoms with E-state index in [1.54, 1.807) is 25.3 Å². The summed E-state index contributed by atoms with van der Waals surface area (Å²) >= 11 is 0. The van der Waals surface area contributed by atoms with Gasteiger partial charge in [0.25, 0.3) is 0 Å². The molecule has 0 fully saturated rings. The molecule has 2 aromatic carbocycles. The van der Waals surface area contributed by atoms with Crippen molar-refractivity contribution in [1.29, 1.82) is 0 Å². The van der Waals surface area contributed by atoms with Crippen molar-refractivity contribution in [2.45, 2.75) is 6.61 Å². The number of carbonyl (C=O) groups excluding carboxylic acids is 1. The monoisotopic (exact) mass is 288 g/mol. The molecule has 0 spiro atoms. The van der Waals surface area contributed by atoms with Gasteiger partial charge >= 0.3 is 0 Å². The van der Waals surface area contributed by atoms with Gasteiger partial charge < -0.3 is 14.4 Å². The quantitative estimate of drug-likeness (QED) is 0.445. The fraction of sp³-hybridized carbons (Fsp3) is 0.188. The van der Waals surface area contributed by atoms with Crippen LogP contribution in [0, 0.1) is 0 Å². The van der Waals surface area contributed by atoms with Gasteiger partial charge in [-0.05, 0) is 29.8 Å². The normalized spacial score (nSPS) is 10.0. The van der Waals surface area contributed by atoms with Crippen LogP contribution in [-0.2, 0) is 11.5 Å². The maximum absolute atomic E-state index is 11.0. The van der Waals surface area contributed by atoms with Crippen molar-refractivity contribution in [2.24, 2.45) is 0 Å². The minimum atomic E-state index is 0.335. The van der Waals surface area contributed by atoms with Crippen LogP contribution in [-0.4, -0.2) is 20.5 Å². The number of hydrogen-bond donors (Lipinski definition) is 0. The van der Waals surface area contributed by atoms with E-state index in [1.807, 2.05) is 24.3 Å². The van der Waals surface area contributed by atoms with Gasteiger partial charge in [0.2, 0.25) is 0 Å². The molecule has 0 amide bonds. The molecule has 0 aliphatic rings. The molecule has 0 saturated heterocycles. The molecule has 0 bridgehead atoms. The number of carbonyl (C=O) groups is 1. The van der Waals surface area contributed by atoms with E-state index in [2.05, 4.69) is 4.89 Å². The highest BCUT2D eigenvalue weighted by molar-refractivity contribution is 5.79. The molecule has 0 saturated carbocycles. The molecule has 0 radical (unpaired) electrons. The minimum Gasteiger partial charge on any atom is -0.497 e. The zero-order valence-electron chi connectivity index (χ0n) is 11.9. The van der Waals surface area contributed by atoms with Crippen LogP contribution in [0.4, 0.5) is 0 Å². The zero-order chi connectivity index (χ0) is 15.1. The molecule has 0 aliphatic carbocycles. The smallest absolute Gasteiger partial charge is 0.169 e. The molecule has 2 aromatic rings. The molecule has 0 atom stereocenters. The highest BCUT2D eigenvalue weighted by atomic mass is 17.2. The first kappa shape index (κ1) is 14.9. The number of methoxy groups -OCH3 is 1. The van der Waals surface area contributed by atoms with Gasteiger partial charge in [0, 0.05) is 6.07 Å². The Hall–Kier alpha value is -2.53. The summed E-state index contributed by atoms with van der Waals surface area (Å²) in [7, 11) is 3.02. The summed E-state index contributed by atoms with van der Waals surface area (Å²) in [5.74, 6) is 1.69. The third-order valence-corrected chi connectivity index (χ3v) is 2.84. The van der Waals surface area contributed by atoms with Crippen LogP contribution >= 0.6 is 0 Å². The predicted octanol–water partition coefficient (Wildman–Crippen LogP) is 3.03. The van der Waals surface area contributed by atoms with Crippen LogP contribution in [0.25, 0.3) is 0 Å². The highest BCUT2D eigenvalue weighted by Gasteiger charge is 2.07. The van der Waals surface area contributed by atoms with Crippen LogP contribution in [0.2, 0.25) is 0 Å². The number of hydrogen-bond acceptors (Lipinski definition) is 5. The van der Waals surface area contributed by atoms with Gasteiger partial charge in [-0.2, -0.15) is 4.89 Å². The molecule has 0 N–H and O–H groups in total. The Balaban J connectivity index is 2.09. The second-order valence-corrected chi connectivity index (χ2v) is 4.20. The number of benzene rings is 2. The molecule has 0 unspecified atom stereocenters. The SMILES string of the molecule is COOc1ccc(C=O)c(OCc2ccc(OC)cc2)c1. The van der Waals surface area contributed by atoms with Crippen LogP contribution in [0.3, 0.4) is 0 Å². The topological polar surface area (TPSA) is 54.0 Å². The van der Waals surface area contributed by atoms with Gasteiger partial charge in [-0.3, -0.25) is 4.79 Å². The van der Waals surface area contributed by atoms with Crippen molar-refractivity contribution >= 4 is 6.29 Å². The Kier molecular flexibility index (Phi) is 5.17. The van der Waals surface area contributed by atoms with Gasteiger partial charge in [-0.15, -0.1) is 0 Å². The molecule has 110 valence electrons. The molecule has 5 nitrogen and oxygen atoms in total. The molecule has 0 heterocycles. The van der Waals surface area contributed by atoms with Crippen molar-refractivity contribution < 1.29 is 24.0 Å². The summed E-state index contributed by atoms with van der Waals surface area (Å²) in [5.41, 5.74) is 1.41. The van der Waals surface area contributed by atoms with Crippen LogP contribution in [0.1, 0.15) is 15.9 Å². The average molecular weight is 288 g/mol. The first-order chi connectivity index (χ1) is 10.3. The summed E-state index contributed by atoms with van der Waals surface area (Å²) in [6.45, 7) is 0.335. The molecular weight excluding hydrogens is 272 g/mol. The lowest BCUT2D eigenvalue weighted by Crippen LogP contribution is -1.99. The standard InChI is InChI=1S/C16H16O5/c1-18-14-6-3-12(4-7-14)11-20-16-9-15(21-19-2)8-5-13(16)10-17/h3-10H,11H2,1-2H3. The maximum atomic E-state index is 11.0. The molecular formula is C16H16O5. The summed E-state index contributed by atoms with van der Waals surface area (Å²) in [6.07, 6.45) is 0.736. The second kappa shape index (κ2) is 7.31. The fourth-order valence-electron chi connectivity index (χ4n) is 1.77.